The Morgan fingerprint density at radius 3 is 2.18 bits per heavy atom. The summed E-state index contributed by atoms with van der Waals surface area (Å²) in [5.41, 5.74) is 1.77. The van der Waals surface area contributed by atoms with Crippen molar-refractivity contribution < 1.29 is 18.0 Å². The Balaban J connectivity index is 1.22. The molecule has 5 rings (SSSR count). The second-order valence-electron chi connectivity index (χ2n) is 10.1. The van der Waals surface area contributed by atoms with E-state index in [2.05, 4.69) is 10.6 Å². The van der Waals surface area contributed by atoms with Crippen LogP contribution in [0.25, 0.3) is 22.0 Å². The summed E-state index contributed by atoms with van der Waals surface area (Å²) in [4.78, 5) is 24.6. The maximum Gasteiger partial charge on any atom is 0.416 e. The second-order valence-corrected chi connectivity index (χ2v) is 10.1. The molecule has 6 nitrogen and oxygen atoms in total. The number of halogens is 3. The lowest BCUT2D eigenvalue weighted by Crippen LogP contribution is -2.40. The number of carbonyl (C=O) groups is 1. The third kappa shape index (κ3) is 5.97. The van der Waals surface area contributed by atoms with E-state index in [-0.39, 0.29) is 18.0 Å². The van der Waals surface area contributed by atoms with Crippen LogP contribution in [0.5, 0.6) is 0 Å². The van der Waals surface area contributed by atoms with E-state index in [0.29, 0.717) is 22.6 Å². The molecular formula is C30H30F3N5O. The van der Waals surface area contributed by atoms with Crippen LogP contribution in [0.15, 0.2) is 72.8 Å². The van der Waals surface area contributed by atoms with Gasteiger partial charge in [0.15, 0.2) is 0 Å². The second kappa shape index (κ2) is 10.9. The standard InChI is InChI=1S/C30H30F3N5O/c1-38(2)27-25-9-5-6-10-26(25)36-29(37-27)35-22-17-15-21(16-18-22)34-28(39)24-8-4-3-7-23(24)19-11-13-20(14-12-19)30(31,32)33/h3-14,21-22H,15-18H2,1-2H3,(H,34,39)(H,35,36,37)/t21-,22+. The van der Waals surface area contributed by atoms with Gasteiger partial charge in [0.2, 0.25) is 5.95 Å². The zero-order chi connectivity index (χ0) is 27.6. The van der Waals surface area contributed by atoms with Crippen LogP contribution in [-0.4, -0.2) is 42.1 Å². The van der Waals surface area contributed by atoms with Crippen LogP contribution in [0.2, 0.25) is 0 Å². The first-order valence-corrected chi connectivity index (χ1v) is 13.0. The van der Waals surface area contributed by atoms with Crippen LogP contribution in [0.3, 0.4) is 0 Å². The summed E-state index contributed by atoms with van der Waals surface area (Å²) in [6, 6.07) is 20.0. The number of nitrogens with one attached hydrogen (secondary N) is 2. The first-order valence-electron chi connectivity index (χ1n) is 13.0. The highest BCUT2D eigenvalue weighted by Gasteiger charge is 2.30. The van der Waals surface area contributed by atoms with E-state index in [1.807, 2.05) is 43.3 Å². The van der Waals surface area contributed by atoms with Crippen LogP contribution in [0.1, 0.15) is 41.6 Å². The largest absolute Gasteiger partial charge is 0.416 e. The molecule has 2 N–H and O–H groups in total. The van der Waals surface area contributed by atoms with E-state index < -0.39 is 11.7 Å². The molecule has 0 bridgehead atoms. The minimum atomic E-state index is -4.40. The van der Waals surface area contributed by atoms with E-state index in [9.17, 15) is 18.0 Å². The van der Waals surface area contributed by atoms with Crippen molar-refractivity contribution in [1.82, 2.24) is 15.3 Å². The summed E-state index contributed by atoms with van der Waals surface area (Å²) in [7, 11) is 3.92. The quantitative estimate of drug-likeness (QED) is 0.295. The SMILES string of the molecule is CN(C)c1nc(N[C@H]2CC[C@@H](NC(=O)c3ccccc3-c3ccc(C(F)(F)F)cc3)CC2)nc2ccccc12. The van der Waals surface area contributed by atoms with Crippen molar-refractivity contribution in [3.05, 3.63) is 83.9 Å². The van der Waals surface area contributed by atoms with Crippen molar-refractivity contribution in [2.45, 2.75) is 43.9 Å². The van der Waals surface area contributed by atoms with Gasteiger partial charge in [0.25, 0.3) is 5.91 Å². The highest BCUT2D eigenvalue weighted by Crippen LogP contribution is 2.32. The van der Waals surface area contributed by atoms with E-state index >= 15 is 0 Å². The molecule has 0 saturated heterocycles. The third-order valence-corrected chi connectivity index (χ3v) is 7.10. The topological polar surface area (TPSA) is 70.2 Å². The Labute approximate surface area is 225 Å². The molecule has 0 unspecified atom stereocenters. The van der Waals surface area contributed by atoms with Crippen molar-refractivity contribution >= 4 is 28.6 Å². The number of rotatable bonds is 6. The average Bonchev–Trinajstić information content (AvgIpc) is 2.93. The molecular weight excluding hydrogens is 503 g/mol. The van der Waals surface area contributed by atoms with Crippen LogP contribution >= 0.6 is 0 Å². The Hall–Kier alpha value is -4.14. The van der Waals surface area contributed by atoms with Gasteiger partial charge < -0.3 is 15.5 Å². The number of carbonyl (C=O) groups excluding carboxylic acids is 1. The van der Waals surface area contributed by atoms with Crippen LogP contribution in [-0.2, 0) is 6.18 Å². The van der Waals surface area contributed by atoms with Crippen molar-refractivity contribution in [2.24, 2.45) is 0 Å². The summed E-state index contributed by atoms with van der Waals surface area (Å²) in [5, 5.41) is 7.60. The zero-order valence-electron chi connectivity index (χ0n) is 21.8. The molecule has 1 fully saturated rings. The first-order chi connectivity index (χ1) is 18.7. The highest BCUT2D eigenvalue weighted by molar-refractivity contribution is 6.01. The predicted octanol–water partition coefficient (Wildman–Crippen LogP) is 6.53. The maximum absolute atomic E-state index is 13.2. The molecule has 9 heteroatoms. The molecule has 39 heavy (non-hydrogen) atoms. The number of alkyl halides is 3. The number of amides is 1. The number of fused-ring (bicyclic) bond motifs is 1. The molecule has 1 aliphatic rings. The molecule has 0 aliphatic heterocycles. The van der Waals surface area contributed by atoms with E-state index in [1.165, 1.54) is 12.1 Å². The fourth-order valence-electron chi connectivity index (χ4n) is 5.06. The predicted molar refractivity (Wildman–Crippen MR) is 148 cm³/mol. The molecule has 1 aliphatic carbocycles. The van der Waals surface area contributed by atoms with Gasteiger partial charge >= 0.3 is 6.18 Å². The Kier molecular flexibility index (Phi) is 7.41. The molecule has 1 aromatic heterocycles. The zero-order valence-corrected chi connectivity index (χ0v) is 21.8. The van der Waals surface area contributed by atoms with Gasteiger partial charge in [0.05, 0.1) is 11.1 Å². The molecule has 4 aromatic rings. The maximum atomic E-state index is 13.2. The van der Waals surface area contributed by atoms with Crippen LogP contribution in [0.4, 0.5) is 24.9 Å². The highest BCUT2D eigenvalue weighted by atomic mass is 19.4. The van der Waals surface area contributed by atoms with Gasteiger partial charge in [-0.15, -0.1) is 0 Å². The molecule has 1 heterocycles. The number of para-hydroxylation sites is 1. The monoisotopic (exact) mass is 533 g/mol. The fraction of sp³-hybridized carbons (Fsp3) is 0.300. The number of anilines is 2. The van der Waals surface area contributed by atoms with Crippen molar-refractivity contribution in [3.8, 4) is 11.1 Å². The molecule has 3 aromatic carbocycles. The molecule has 0 atom stereocenters. The lowest BCUT2D eigenvalue weighted by atomic mass is 9.90. The van der Waals surface area contributed by atoms with Gasteiger partial charge in [-0.05, 0) is 67.1 Å². The molecule has 202 valence electrons. The van der Waals surface area contributed by atoms with Crippen LogP contribution < -0.4 is 15.5 Å². The molecule has 0 radical (unpaired) electrons. The molecule has 0 spiro atoms. The molecule has 1 amide bonds. The third-order valence-electron chi connectivity index (χ3n) is 7.10. The normalized spacial score (nSPS) is 17.6. The number of nitrogens with zero attached hydrogens (tertiary/aromatic N) is 3. The van der Waals surface area contributed by atoms with Gasteiger partial charge in [0.1, 0.15) is 5.82 Å². The summed E-state index contributed by atoms with van der Waals surface area (Å²) in [6.07, 6.45) is -1.13. The van der Waals surface area contributed by atoms with Crippen molar-refractivity contribution in [3.63, 3.8) is 0 Å². The minimum Gasteiger partial charge on any atom is -0.362 e. The van der Waals surface area contributed by atoms with E-state index in [4.69, 9.17) is 9.97 Å². The van der Waals surface area contributed by atoms with Gasteiger partial charge in [-0.3, -0.25) is 4.79 Å². The summed E-state index contributed by atoms with van der Waals surface area (Å²) in [6.45, 7) is 0. The lowest BCUT2D eigenvalue weighted by molar-refractivity contribution is -0.137. The Bertz CT molecular complexity index is 1460. The summed E-state index contributed by atoms with van der Waals surface area (Å²) >= 11 is 0. The van der Waals surface area contributed by atoms with Gasteiger partial charge in [-0.1, -0.05) is 42.5 Å². The summed E-state index contributed by atoms with van der Waals surface area (Å²) in [5.74, 6) is 1.22. The van der Waals surface area contributed by atoms with Crippen LogP contribution in [0, 0.1) is 0 Å². The van der Waals surface area contributed by atoms with Crippen molar-refractivity contribution in [2.75, 3.05) is 24.3 Å². The fourth-order valence-corrected chi connectivity index (χ4v) is 5.06. The van der Waals surface area contributed by atoms with Gasteiger partial charge in [0, 0.05) is 37.1 Å². The van der Waals surface area contributed by atoms with Crippen molar-refractivity contribution in [1.29, 1.82) is 0 Å². The number of aromatic nitrogens is 2. The summed E-state index contributed by atoms with van der Waals surface area (Å²) < 4.78 is 38.9. The lowest BCUT2D eigenvalue weighted by Gasteiger charge is -2.30. The average molecular weight is 534 g/mol. The smallest absolute Gasteiger partial charge is 0.362 e. The van der Waals surface area contributed by atoms with Gasteiger partial charge in [-0.2, -0.15) is 18.2 Å². The van der Waals surface area contributed by atoms with E-state index in [1.54, 1.807) is 24.3 Å². The minimum absolute atomic E-state index is 0.00562. The first kappa shape index (κ1) is 26.5. The molecule has 1 saturated carbocycles. The Morgan fingerprint density at radius 1 is 0.846 bits per heavy atom. The Morgan fingerprint density at radius 2 is 1.49 bits per heavy atom. The van der Waals surface area contributed by atoms with Gasteiger partial charge in [-0.25, -0.2) is 4.98 Å². The number of hydrogen-bond donors (Lipinski definition) is 2. The van der Waals surface area contributed by atoms with E-state index in [0.717, 1.165) is 54.5 Å². The number of benzene rings is 3. The number of hydrogen-bond acceptors (Lipinski definition) is 5.